The molecule has 224 valence electrons. The van der Waals surface area contributed by atoms with Crippen LogP contribution in [0.25, 0.3) is 32.8 Å². The monoisotopic (exact) mass is 591 g/mol. The highest BCUT2D eigenvalue weighted by molar-refractivity contribution is 6.01. The second kappa shape index (κ2) is 10.2. The molecular formula is C32H32F3N5O3. The van der Waals surface area contributed by atoms with Crippen molar-refractivity contribution in [2.24, 2.45) is 0 Å². The molecule has 1 aromatic heterocycles. The lowest BCUT2D eigenvalue weighted by molar-refractivity contribution is 0.0522. The standard InChI is InChI=1S/C32H32F3N5O3/c33-19-11-32(6-3-7-39(32)14-19)17-43-31-37-29-25(30(38-31)40-20-12-36-13-21(40)16-42-15-20)10-26(34)27(28(29)35)24-9-22(41)8-18-4-1-2-5-23(18)24/h1-2,4-5,8-10,19-21,36,41H,3,6-7,11-17H2/t19-,20-,21+,32+/m1/s1. The predicted molar refractivity (Wildman–Crippen MR) is 156 cm³/mol. The minimum Gasteiger partial charge on any atom is -0.508 e. The fraction of sp³-hybridized carbons (Fsp3) is 0.438. The van der Waals surface area contributed by atoms with Gasteiger partial charge in [0, 0.05) is 31.4 Å². The first-order valence-corrected chi connectivity index (χ1v) is 14.9. The number of phenols is 1. The van der Waals surface area contributed by atoms with Gasteiger partial charge in [0.05, 0.1) is 36.4 Å². The third kappa shape index (κ3) is 4.39. The van der Waals surface area contributed by atoms with Gasteiger partial charge in [-0.2, -0.15) is 9.97 Å². The van der Waals surface area contributed by atoms with Crippen molar-refractivity contribution < 1.29 is 27.8 Å². The van der Waals surface area contributed by atoms with Crippen molar-refractivity contribution in [3.8, 4) is 22.9 Å². The van der Waals surface area contributed by atoms with Crippen LogP contribution in [0.4, 0.5) is 19.0 Å². The smallest absolute Gasteiger partial charge is 0.319 e. The van der Waals surface area contributed by atoms with Gasteiger partial charge in [-0.15, -0.1) is 0 Å². The predicted octanol–water partition coefficient (Wildman–Crippen LogP) is 4.57. The highest BCUT2D eigenvalue weighted by atomic mass is 19.1. The van der Waals surface area contributed by atoms with Gasteiger partial charge in [0.15, 0.2) is 5.82 Å². The molecule has 2 N–H and O–H groups in total. The van der Waals surface area contributed by atoms with Gasteiger partial charge in [-0.3, -0.25) is 4.90 Å². The number of ether oxygens (including phenoxy) is 2. The second-order valence-corrected chi connectivity index (χ2v) is 12.3. The van der Waals surface area contributed by atoms with Crippen molar-refractivity contribution in [1.82, 2.24) is 20.2 Å². The number of aromatic nitrogens is 2. The minimum absolute atomic E-state index is 0.0271. The fourth-order valence-electron chi connectivity index (χ4n) is 7.69. The summed E-state index contributed by atoms with van der Waals surface area (Å²) in [7, 11) is 0. The number of rotatable bonds is 5. The third-order valence-corrected chi connectivity index (χ3v) is 9.60. The molecule has 0 amide bonds. The number of piperazine rings is 1. The van der Waals surface area contributed by atoms with Gasteiger partial charge in [0.25, 0.3) is 0 Å². The topological polar surface area (TPSA) is 83.0 Å². The zero-order valence-electron chi connectivity index (χ0n) is 23.5. The number of aromatic hydroxyl groups is 1. The number of alkyl halides is 1. The first-order valence-electron chi connectivity index (χ1n) is 14.9. The maximum absolute atomic E-state index is 16.7. The van der Waals surface area contributed by atoms with Gasteiger partial charge in [-0.05, 0) is 53.9 Å². The van der Waals surface area contributed by atoms with Crippen LogP contribution in [-0.2, 0) is 4.74 Å². The Balaban J connectivity index is 1.30. The molecule has 0 radical (unpaired) electrons. The Morgan fingerprint density at radius 1 is 1.07 bits per heavy atom. The van der Waals surface area contributed by atoms with Crippen LogP contribution in [0.2, 0.25) is 0 Å². The van der Waals surface area contributed by atoms with Crippen LogP contribution < -0.4 is 15.0 Å². The number of nitrogens with one attached hydrogen (secondary N) is 1. The molecular weight excluding hydrogens is 559 g/mol. The van der Waals surface area contributed by atoms with Crippen molar-refractivity contribution in [3.63, 3.8) is 0 Å². The van der Waals surface area contributed by atoms with Crippen molar-refractivity contribution in [3.05, 3.63) is 54.1 Å². The summed E-state index contributed by atoms with van der Waals surface area (Å²) in [5.74, 6) is -1.35. The Morgan fingerprint density at radius 3 is 2.72 bits per heavy atom. The van der Waals surface area contributed by atoms with E-state index in [0.717, 1.165) is 19.4 Å². The van der Waals surface area contributed by atoms with Crippen LogP contribution in [0, 0.1) is 11.6 Å². The van der Waals surface area contributed by atoms with E-state index in [2.05, 4.69) is 20.1 Å². The highest BCUT2D eigenvalue weighted by Crippen LogP contribution is 2.43. The summed E-state index contributed by atoms with van der Waals surface area (Å²) >= 11 is 0. The lowest BCUT2D eigenvalue weighted by Gasteiger charge is -2.47. The molecule has 8 nitrogen and oxygen atoms in total. The molecule has 0 saturated carbocycles. The minimum atomic E-state index is -0.919. The molecule has 5 heterocycles. The molecule has 0 unspecified atom stereocenters. The highest BCUT2D eigenvalue weighted by Gasteiger charge is 2.49. The first kappa shape index (κ1) is 26.9. The van der Waals surface area contributed by atoms with Crippen LogP contribution in [0.15, 0.2) is 42.5 Å². The molecule has 2 bridgehead atoms. The van der Waals surface area contributed by atoms with E-state index >= 15 is 8.78 Å². The summed E-state index contributed by atoms with van der Waals surface area (Å²) in [5, 5.41) is 15.3. The number of benzene rings is 3. The summed E-state index contributed by atoms with van der Waals surface area (Å²) in [6.45, 7) is 3.53. The van der Waals surface area contributed by atoms with E-state index < -0.39 is 23.3 Å². The van der Waals surface area contributed by atoms with E-state index in [4.69, 9.17) is 14.5 Å². The summed E-state index contributed by atoms with van der Waals surface area (Å²) < 4.78 is 59.3. The van der Waals surface area contributed by atoms with Gasteiger partial charge in [-0.25, -0.2) is 13.2 Å². The van der Waals surface area contributed by atoms with Crippen molar-refractivity contribution in [1.29, 1.82) is 0 Å². The van der Waals surface area contributed by atoms with Gasteiger partial charge in [-0.1, -0.05) is 24.3 Å². The lowest BCUT2D eigenvalue weighted by Crippen LogP contribution is -2.64. The largest absolute Gasteiger partial charge is 0.508 e. The summed E-state index contributed by atoms with van der Waals surface area (Å²) in [6.07, 6.45) is 1.22. The van der Waals surface area contributed by atoms with Crippen molar-refractivity contribution in [2.45, 2.75) is 43.1 Å². The number of morpholine rings is 1. The van der Waals surface area contributed by atoms with Crippen LogP contribution in [-0.4, -0.2) is 89.8 Å². The van der Waals surface area contributed by atoms with Gasteiger partial charge in [0.2, 0.25) is 0 Å². The quantitative estimate of drug-likeness (QED) is 0.350. The zero-order valence-corrected chi connectivity index (χ0v) is 23.5. The number of anilines is 1. The normalized spacial score (nSPS) is 27.2. The number of phenolic OH excluding ortho intramolecular Hbond substituents is 1. The van der Waals surface area contributed by atoms with E-state index in [9.17, 15) is 9.50 Å². The molecule has 4 aliphatic heterocycles. The Bertz CT molecular complexity index is 1720. The van der Waals surface area contributed by atoms with E-state index in [0.29, 0.717) is 55.9 Å². The molecule has 0 aliphatic carbocycles. The van der Waals surface area contributed by atoms with Gasteiger partial charge < -0.3 is 24.8 Å². The molecule has 43 heavy (non-hydrogen) atoms. The molecule has 3 aromatic carbocycles. The van der Waals surface area contributed by atoms with E-state index in [-0.39, 0.29) is 52.5 Å². The number of hydrogen-bond acceptors (Lipinski definition) is 8. The Hall–Kier alpha value is -3.67. The first-order chi connectivity index (χ1) is 20.9. The number of nitrogens with zero attached hydrogens (tertiary/aromatic N) is 4. The summed E-state index contributed by atoms with van der Waals surface area (Å²) in [4.78, 5) is 13.5. The Morgan fingerprint density at radius 2 is 1.88 bits per heavy atom. The van der Waals surface area contributed by atoms with Crippen LogP contribution in [0.3, 0.4) is 0 Å². The fourth-order valence-corrected chi connectivity index (χ4v) is 7.69. The second-order valence-electron chi connectivity index (χ2n) is 12.3. The van der Waals surface area contributed by atoms with Crippen molar-refractivity contribution >= 4 is 27.5 Å². The van der Waals surface area contributed by atoms with E-state index in [1.165, 1.54) is 12.1 Å². The molecule has 4 aromatic rings. The molecule has 4 saturated heterocycles. The van der Waals surface area contributed by atoms with Crippen LogP contribution in [0.5, 0.6) is 11.8 Å². The van der Waals surface area contributed by atoms with Gasteiger partial charge >= 0.3 is 6.01 Å². The maximum Gasteiger partial charge on any atom is 0.319 e. The zero-order chi connectivity index (χ0) is 29.3. The number of halogens is 3. The van der Waals surface area contributed by atoms with E-state index in [1.807, 2.05) is 0 Å². The summed E-state index contributed by atoms with van der Waals surface area (Å²) in [5.41, 5.74) is -0.569. The molecule has 11 heteroatoms. The molecule has 4 atom stereocenters. The SMILES string of the molecule is Oc1cc(-c2c(F)cc3c(N4[C@@H]5CNC[C@H]4COC5)nc(OC[C@@]45CCCN4C[C@H](F)C5)nc3c2F)c2ccccc2c1. The van der Waals surface area contributed by atoms with Crippen LogP contribution in [0.1, 0.15) is 19.3 Å². The number of fused-ring (bicyclic) bond motifs is 5. The van der Waals surface area contributed by atoms with E-state index in [1.54, 1.807) is 30.3 Å². The Labute approximate surface area is 246 Å². The number of hydrogen-bond donors (Lipinski definition) is 2. The maximum atomic E-state index is 16.7. The van der Waals surface area contributed by atoms with Gasteiger partial charge in [0.1, 0.15) is 35.7 Å². The average Bonchev–Trinajstić information content (AvgIpc) is 3.51. The molecule has 0 spiro atoms. The Kier molecular flexibility index (Phi) is 6.39. The summed E-state index contributed by atoms with van der Waals surface area (Å²) in [6, 6.07) is 11.1. The molecule has 4 fully saturated rings. The third-order valence-electron chi connectivity index (χ3n) is 9.60. The van der Waals surface area contributed by atoms with Crippen LogP contribution >= 0.6 is 0 Å². The average molecular weight is 592 g/mol. The van der Waals surface area contributed by atoms with Crippen molar-refractivity contribution in [2.75, 3.05) is 50.9 Å². The molecule has 8 rings (SSSR count). The lowest BCUT2D eigenvalue weighted by atomic mass is 9.95. The molecule has 4 aliphatic rings.